The number of allylic oxidation sites excluding steroid dienone is 1. The third-order valence-electron chi connectivity index (χ3n) is 4.15. The van der Waals surface area contributed by atoms with Crippen molar-refractivity contribution in [1.29, 1.82) is 0 Å². The quantitative estimate of drug-likeness (QED) is 0.551. The summed E-state index contributed by atoms with van der Waals surface area (Å²) in [5, 5.41) is 0. The highest BCUT2D eigenvalue weighted by atomic mass is 28.3. The Labute approximate surface area is 151 Å². The first-order valence-electron chi connectivity index (χ1n) is 8.65. The van der Waals surface area contributed by atoms with Crippen molar-refractivity contribution in [3.8, 4) is 0 Å². The summed E-state index contributed by atoms with van der Waals surface area (Å²) in [7, 11) is -1.19. The molecule has 1 aliphatic rings. The van der Waals surface area contributed by atoms with Crippen molar-refractivity contribution in [1.82, 2.24) is 4.90 Å². The van der Waals surface area contributed by atoms with Crippen LogP contribution in [0.2, 0.25) is 25.7 Å². The van der Waals surface area contributed by atoms with Crippen molar-refractivity contribution in [2.45, 2.75) is 44.8 Å². The summed E-state index contributed by atoms with van der Waals surface area (Å²) in [6, 6.07) is 10.1. The number of imide groups is 1. The summed E-state index contributed by atoms with van der Waals surface area (Å²) in [5.74, 6) is -0.474. The molecule has 0 saturated carbocycles. The zero-order chi connectivity index (χ0) is 18.4. The number of likely N-dealkylation sites (tertiary alicyclic amines) is 1. The second-order valence-electron chi connectivity index (χ2n) is 7.59. The first-order valence-corrected chi connectivity index (χ1v) is 12.4. The molecular formula is C20H27NO3Si. The summed E-state index contributed by atoms with van der Waals surface area (Å²) in [6.07, 6.45) is 5.66. The molecule has 2 atom stereocenters. The Balaban J connectivity index is 1.99. The Morgan fingerprint density at radius 1 is 1.32 bits per heavy atom. The summed E-state index contributed by atoms with van der Waals surface area (Å²) in [4.78, 5) is 26.2. The van der Waals surface area contributed by atoms with Gasteiger partial charge in [-0.05, 0) is 18.0 Å². The predicted octanol–water partition coefficient (Wildman–Crippen LogP) is 4.62. The highest BCUT2D eigenvalue weighted by molar-refractivity contribution is 6.76. The minimum Gasteiger partial charge on any atom is -0.444 e. The summed E-state index contributed by atoms with van der Waals surface area (Å²) >= 11 is 0. The van der Waals surface area contributed by atoms with E-state index in [1.807, 2.05) is 36.4 Å². The van der Waals surface area contributed by atoms with E-state index in [4.69, 9.17) is 4.74 Å². The first kappa shape index (κ1) is 19.2. The lowest BCUT2D eigenvalue weighted by atomic mass is 10.0. The average Bonchev–Trinajstić information content (AvgIpc) is 2.88. The minimum atomic E-state index is -1.19. The van der Waals surface area contributed by atoms with Gasteiger partial charge in [-0.25, -0.2) is 9.69 Å². The topological polar surface area (TPSA) is 46.6 Å². The number of carbonyl (C=O) groups is 2. The van der Waals surface area contributed by atoms with Gasteiger partial charge in [0, 0.05) is 8.07 Å². The van der Waals surface area contributed by atoms with Crippen LogP contribution in [-0.4, -0.2) is 31.0 Å². The summed E-state index contributed by atoms with van der Waals surface area (Å²) in [6.45, 7) is 10.8. The predicted molar refractivity (Wildman–Crippen MR) is 103 cm³/mol. The molecule has 0 aromatic heterocycles. The second-order valence-corrected chi connectivity index (χ2v) is 13.1. The van der Waals surface area contributed by atoms with Gasteiger partial charge in [0.25, 0.3) is 0 Å². The number of hydrogen-bond acceptors (Lipinski definition) is 3. The lowest BCUT2D eigenvalue weighted by molar-refractivity contribution is -0.129. The molecule has 0 spiro atoms. The Bertz CT molecular complexity index is 649. The first-order chi connectivity index (χ1) is 11.8. The van der Waals surface area contributed by atoms with Crippen molar-refractivity contribution in [3.05, 3.63) is 60.7 Å². The van der Waals surface area contributed by atoms with Crippen LogP contribution in [0.4, 0.5) is 4.79 Å². The maximum Gasteiger partial charge on any atom is 0.417 e. The zero-order valence-corrected chi connectivity index (χ0v) is 16.3. The lowest BCUT2D eigenvalue weighted by Crippen LogP contribution is -2.38. The van der Waals surface area contributed by atoms with Crippen LogP contribution < -0.4 is 0 Å². The van der Waals surface area contributed by atoms with Crippen LogP contribution in [0, 0.1) is 5.92 Å². The maximum atomic E-state index is 12.6. The van der Waals surface area contributed by atoms with E-state index in [2.05, 4.69) is 32.3 Å². The van der Waals surface area contributed by atoms with Crippen LogP contribution >= 0.6 is 0 Å². The molecule has 1 aromatic carbocycles. The highest BCUT2D eigenvalue weighted by Gasteiger charge is 2.41. The average molecular weight is 358 g/mol. The summed E-state index contributed by atoms with van der Waals surface area (Å²) in [5.41, 5.74) is 0.893. The normalized spacial score (nSPS) is 20.9. The minimum absolute atomic E-state index is 0.156. The van der Waals surface area contributed by atoms with Crippen molar-refractivity contribution in [3.63, 3.8) is 0 Å². The fraction of sp³-hybridized carbons (Fsp3) is 0.400. The number of benzene rings is 1. The van der Waals surface area contributed by atoms with E-state index in [9.17, 15) is 9.59 Å². The van der Waals surface area contributed by atoms with E-state index < -0.39 is 14.2 Å². The van der Waals surface area contributed by atoms with E-state index in [0.717, 1.165) is 11.6 Å². The Kier molecular flexibility index (Phi) is 6.37. The number of ether oxygens (including phenoxy) is 1. The van der Waals surface area contributed by atoms with Crippen molar-refractivity contribution in [2.24, 2.45) is 5.92 Å². The SMILES string of the molecule is C=C[C@H]1C[C@@H](/C=C\C[Si](C)(C)C)C(=O)N1C(=O)OCc1ccccc1. The Morgan fingerprint density at radius 2 is 2.00 bits per heavy atom. The van der Waals surface area contributed by atoms with Crippen LogP contribution in [0.5, 0.6) is 0 Å². The van der Waals surface area contributed by atoms with Crippen LogP contribution in [0.3, 0.4) is 0 Å². The molecule has 1 aliphatic heterocycles. The van der Waals surface area contributed by atoms with E-state index in [-0.39, 0.29) is 24.5 Å². The summed E-state index contributed by atoms with van der Waals surface area (Å²) < 4.78 is 5.32. The number of rotatable bonds is 6. The third kappa shape index (κ3) is 5.43. The van der Waals surface area contributed by atoms with Crippen LogP contribution in [0.1, 0.15) is 12.0 Å². The molecule has 0 aliphatic carbocycles. The molecule has 2 rings (SSSR count). The van der Waals surface area contributed by atoms with Crippen LogP contribution in [0.15, 0.2) is 55.1 Å². The molecule has 0 radical (unpaired) electrons. The van der Waals surface area contributed by atoms with E-state index in [0.29, 0.717) is 6.42 Å². The van der Waals surface area contributed by atoms with Gasteiger partial charge >= 0.3 is 6.09 Å². The molecule has 134 valence electrons. The van der Waals surface area contributed by atoms with Gasteiger partial charge in [-0.2, -0.15) is 0 Å². The lowest BCUT2D eigenvalue weighted by Gasteiger charge is -2.19. The number of amides is 2. The van der Waals surface area contributed by atoms with Crippen molar-refractivity contribution >= 4 is 20.1 Å². The molecule has 4 nitrogen and oxygen atoms in total. The van der Waals surface area contributed by atoms with Gasteiger partial charge in [0.05, 0.1) is 12.0 Å². The standard InChI is InChI=1S/C20H27NO3Si/c1-5-18-14-17(12-9-13-25(2,3)4)19(22)21(18)20(23)24-15-16-10-7-6-8-11-16/h5-12,17-18H,1,13-15H2,2-4H3/b12-9-/t17-,18+/m1/s1. The number of carbonyl (C=O) groups excluding carboxylic acids is 2. The molecule has 25 heavy (non-hydrogen) atoms. The molecule has 1 aromatic rings. The van der Waals surface area contributed by atoms with Gasteiger partial charge in [0.1, 0.15) is 6.61 Å². The van der Waals surface area contributed by atoms with Gasteiger partial charge in [-0.3, -0.25) is 4.79 Å². The molecule has 1 fully saturated rings. The number of hydrogen-bond donors (Lipinski definition) is 0. The van der Waals surface area contributed by atoms with Gasteiger partial charge in [-0.1, -0.05) is 68.2 Å². The van der Waals surface area contributed by atoms with Crippen molar-refractivity contribution in [2.75, 3.05) is 0 Å². The molecule has 0 bridgehead atoms. The Hall–Kier alpha value is -2.14. The molecule has 0 N–H and O–H groups in total. The van der Waals surface area contributed by atoms with E-state index >= 15 is 0 Å². The highest BCUT2D eigenvalue weighted by Crippen LogP contribution is 2.28. The Morgan fingerprint density at radius 3 is 2.60 bits per heavy atom. The van der Waals surface area contributed by atoms with Gasteiger partial charge in [0.15, 0.2) is 0 Å². The van der Waals surface area contributed by atoms with Gasteiger partial charge in [-0.15, -0.1) is 6.58 Å². The molecule has 1 heterocycles. The van der Waals surface area contributed by atoms with E-state index in [1.165, 1.54) is 4.90 Å². The number of nitrogens with zero attached hydrogens (tertiary/aromatic N) is 1. The maximum absolute atomic E-state index is 12.6. The third-order valence-corrected chi connectivity index (χ3v) is 5.61. The fourth-order valence-corrected chi connectivity index (χ4v) is 3.61. The second kappa shape index (κ2) is 8.29. The van der Waals surface area contributed by atoms with Crippen LogP contribution in [0.25, 0.3) is 0 Å². The van der Waals surface area contributed by atoms with Gasteiger partial charge < -0.3 is 4.74 Å². The largest absolute Gasteiger partial charge is 0.444 e. The molecule has 2 amide bonds. The van der Waals surface area contributed by atoms with E-state index in [1.54, 1.807) is 6.08 Å². The molecule has 1 saturated heterocycles. The molecule has 0 unspecified atom stereocenters. The van der Waals surface area contributed by atoms with Gasteiger partial charge in [0.2, 0.25) is 5.91 Å². The fourth-order valence-electron chi connectivity index (χ4n) is 2.77. The van der Waals surface area contributed by atoms with Crippen LogP contribution in [-0.2, 0) is 16.1 Å². The zero-order valence-electron chi connectivity index (χ0n) is 15.3. The monoisotopic (exact) mass is 357 g/mol. The molecule has 5 heteroatoms. The smallest absolute Gasteiger partial charge is 0.417 e. The van der Waals surface area contributed by atoms with Crippen molar-refractivity contribution < 1.29 is 14.3 Å². The molecular weight excluding hydrogens is 330 g/mol.